The topological polar surface area (TPSA) is 112 Å². The molecule has 0 saturated heterocycles. The molecule has 3 N–H and O–H groups in total. The van der Waals surface area contributed by atoms with Gasteiger partial charge in [0.15, 0.2) is 0 Å². The fourth-order valence-electron chi connectivity index (χ4n) is 4.83. The Labute approximate surface area is 213 Å². The minimum absolute atomic E-state index is 0.0909. The van der Waals surface area contributed by atoms with E-state index in [0.29, 0.717) is 43.4 Å². The van der Waals surface area contributed by atoms with Gasteiger partial charge in [-0.25, -0.2) is 0 Å². The predicted octanol–water partition coefficient (Wildman–Crippen LogP) is 6.65. The van der Waals surface area contributed by atoms with Gasteiger partial charge in [-0.1, -0.05) is 63.5 Å². The molecular weight excluding hydrogens is 446 g/mol. The van der Waals surface area contributed by atoms with Crippen LogP contribution in [-0.2, 0) is 14.4 Å². The molecule has 0 atom stereocenters. The third-order valence-corrected chi connectivity index (χ3v) is 6.81. The molecule has 7 nitrogen and oxygen atoms in total. The lowest BCUT2D eigenvalue weighted by Crippen LogP contribution is -2.51. The SMILES string of the molecule is C/C=C/CCCCCCCCCCCCC[N+](CCCC(=O)O)(CCCC(=O)O)CCCC(=O)O. The van der Waals surface area contributed by atoms with Crippen molar-refractivity contribution in [3.05, 3.63) is 12.2 Å². The predicted molar refractivity (Wildman–Crippen MR) is 141 cm³/mol. The van der Waals surface area contributed by atoms with Crippen LogP contribution in [0.25, 0.3) is 0 Å². The molecular formula is C28H52NO6+. The number of carboxylic acid groups (broad SMARTS) is 3. The highest BCUT2D eigenvalue weighted by Gasteiger charge is 2.27. The molecule has 35 heavy (non-hydrogen) atoms. The van der Waals surface area contributed by atoms with Crippen molar-refractivity contribution in [2.24, 2.45) is 0 Å². The van der Waals surface area contributed by atoms with E-state index in [1.165, 1.54) is 64.2 Å². The molecule has 0 rings (SSSR count). The smallest absolute Gasteiger partial charge is 0.303 e. The van der Waals surface area contributed by atoms with Crippen LogP contribution in [-0.4, -0.2) is 63.9 Å². The van der Waals surface area contributed by atoms with E-state index >= 15 is 0 Å². The lowest BCUT2D eigenvalue weighted by atomic mass is 10.0. The lowest BCUT2D eigenvalue weighted by Gasteiger charge is -2.39. The highest BCUT2D eigenvalue weighted by molar-refractivity contribution is 5.67. The van der Waals surface area contributed by atoms with Gasteiger partial charge in [-0.3, -0.25) is 14.4 Å². The van der Waals surface area contributed by atoms with Gasteiger partial charge in [-0.2, -0.15) is 0 Å². The number of hydrogen-bond donors (Lipinski definition) is 3. The van der Waals surface area contributed by atoms with Crippen LogP contribution in [0.4, 0.5) is 0 Å². The van der Waals surface area contributed by atoms with Gasteiger partial charge in [-0.15, -0.1) is 0 Å². The Kier molecular flexibility index (Phi) is 21.3. The monoisotopic (exact) mass is 498 g/mol. The Hall–Kier alpha value is -1.89. The van der Waals surface area contributed by atoms with Crippen LogP contribution in [0.1, 0.15) is 122 Å². The zero-order chi connectivity index (χ0) is 26.2. The van der Waals surface area contributed by atoms with Crippen molar-refractivity contribution in [2.75, 3.05) is 26.2 Å². The van der Waals surface area contributed by atoms with Crippen LogP contribution in [0.15, 0.2) is 12.2 Å². The third-order valence-electron chi connectivity index (χ3n) is 6.81. The first-order chi connectivity index (χ1) is 16.8. The number of rotatable bonds is 26. The number of hydrogen-bond acceptors (Lipinski definition) is 3. The van der Waals surface area contributed by atoms with E-state index in [9.17, 15) is 14.4 Å². The number of nitrogens with zero attached hydrogens (tertiary/aromatic N) is 1. The number of unbranched alkanes of at least 4 members (excludes halogenated alkanes) is 11. The summed E-state index contributed by atoms with van der Waals surface area (Å²) < 4.78 is 0.641. The van der Waals surface area contributed by atoms with Crippen molar-refractivity contribution in [1.82, 2.24) is 0 Å². The largest absolute Gasteiger partial charge is 0.481 e. The maximum atomic E-state index is 11.0. The number of carboxylic acids is 3. The molecule has 0 aromatic carbocycles. The number of carbonyl (C=O) groups is 3. The van der Waals surface area contributed by atoms with Crippen LogP contribution >= 0.6 is 0 Å². The van der Waals surface area contributed by atoms with Crippen LogP contribution in [0.5, 0.6) is 0 Å². The minimum Gasteiger partial charge on any atom is -0.481 e. The summed E-state index contributed by atoms with van der Waals surface area (Å²) in [5.74, 6) is -2.48. The number of quaternary nitrogens is 1. The fraction of sp³-hybridized carbons (Fsp3) is 0.821. The minimum atomic E-state index is -0.826. The summed E-state index contributed by atoms with van der Waals surface area (Å²) in [6.07, 6.45) is 21.2. The molecule has 0 aliphatic heterocycles. The van der Waals surface area contributed by atoms with Gasteiger partial charge in [0.1, 0.15) is 0 Å². The van der Waals surface area contributed by atoms with E-state index in [2.05, 4.69) is 19.1 Å². The Morgan fingerprint density at radius 3 is 1.17 bits per heavy atom. The molecule has 0 spiro atoms. The van der Waals surface area contributed by atoms with Crippen molar-refractivity contribution in [3.63, 3.8) is 0 Å². The molecule has 0 aliphatic carbocycles. The Morgan fingerprint density at radius 1 is 0.514 bits per heavy atom. The van der Waals surface area contributed by atoms with Crippen molar-refractivity contribution in [2.45, 2.75) is 122 Å². The average molecular weight is 499 g/mol. The molecule has 0 aromatic heterocycles. The van der Waals surface area contributed by atoms with Gasteiger partial charge >= 0.3 is 17.9 Å². The molecule has 0 saturated carbocycles. The molecule has 7 heteroatoms. The van der Waals surface area contributed by atoms with Crippen molar-refractivity contribution in [1.29, 1.82) is 0 Å². The molecule has 0 fully saturated rings. The number of allylic oxidation sites excluding steroid dienone is 2. The van der Waals surface area contributed by atoms with Gasteiger partial charge in [0.2, 0.25) is 0 Å². The Bertz CT molecular complexity index is 540. The van der Waals surface area contributed by atoms with Crippen LogP contribution in [0.2, 0.25) is 0 Å². The molecule has 0 bridgehead atoms. The normalized spacial score (nSPS) is 11.8. The highest BCUT2D eigenvalue weighted by Crippen LogP contribution is 2.19. The zero-order valence-electron chi connectivity index (χ0n) is 22.2. The van der Waals surface area contributed by atoms with Crippen molar-refractivity contribution < 1.29 is 34.2 Å². The summed E-state index contributed by atoms with van der Waals surface area (Å²) in [5.41, 5.74) is 0. The molecule has 0 amide bonds. The van der Waals surface area contributed by atoms with E-state index in [0.717, 1.165) is 19.4 Å². The quantitative estimate of drug-likeness (QED) is 0.0699. The first-order valence-corrected chi connectivity index (χ1v) is 13.9. The van der Waals surface area contributed by atoms with Crippen molar-refractivity contribution in [3.8, 4) is 0 Å². The van der Waals surface area contributed by atoms with Gasteiger partial charge in [-0.05, 0) is 32.6 Å². The first kappa shape index (κ1) is 33.1. The highest BCUT2D eigenvalue weighted by atomic mass is 16.4. The lowest BCUT2D eigenvalue weighted by molar-refractivity contribution is -0.929. The van der Waals surface area contributed by atoms with E-state index in [1.54, 1.807) is 0 Å². The zero-order valence-corrected chi connectivity index (χ0v) is 22.2. The Balaban J connectivity index is 4.36. The number of aliphatic carboxylic acids is 3. The van der Waals surface area contributed by atoms with Crippen molar-refractivity contribution >= 4 is 17.9 Å². The maximum absolute atomic E-state index is 11.0. The average Bonchev–Trinajstić information content (AvgIpc) is 2.78. The summed E-state index contributed by atoms with van der Waals surface area (Å²) in [6, 6.07) is 0. The third kappa shape index (κ3) is 22.3. The van der Waals surface area contributed by atoms with E-state index in [1.807, 2.05) is 0 Å². The molecule has 0 heterocycles. The van der Waals surface area contributed by atoms with E-state index in [4.69, 9.17) is 15.3 Å². The molecule has 0 radical (unpaired) electrons. The first-order valence-electron chi connectivity index (χ1n) is 13.9. The van der Waals surface area contributed by atoms with Crippen LogP contribution in [0.3, 0.4) is 0 Å². The van der Waals surface area contributed by atoms with Gasteiger partial charge in [0, 0.05) is 19.3 Å². The second kappa shape index (κ2) is 22.6. The summed E-state index contributed by atoms with van der Waals surface area (Å²) in [4.78, 5) is 33.1. The second-order valence-electron chi connectivity index (χ2n) is 9.97. The second-order valence-corrected chi connectivity index (χ2v) is 9.97. The van der Waals surface area contributed by atoms with E-state index < -0.39 is 17.9 Å². The Morgan fingerprint density at radius 2 is 0.829 bits per heavy atom. The van der Waals surface area contributed by atoms with Gasteiger partial charge in [0.05, 0.1) is 45.4 Å². The molecule has 0 unspecified atom stereocenters. The van der Waals surface area contributed by atoms with Gasteiger partial charge in [0.25, 0.3) is 0 Å². The van der Waals surface area contributed by atoms with E-state index in [-0.39, 0.29) is 19.3 Å². The maximum Gasteiger partial charge on any atom is 0.303 e. The van der Waals surface area contributed by atoms with Gasteiger partial charge < -0.3 is 19.8 Å². The molecule has 204 valence electrons. The standard InChI is InChI=1S/C28H51NO6/c1-2-3-4-5-6-7-8-9-10-11-12-13-14-15-22-29(23-16-19-26(30)31,24-17-20-27(32)33)25-18-21-28(34)35/h2-3H,4-25H2,1H3,(H2-,30,31,32,33,34,35)/p+1/b3-2+. The van der Waals surface area contributed by atoms with Crippen LogP contribution < -0.4 is 0 Å². The summed E-state index contributed by atoms with van der Waals surface area (Å²) in [5, 5.41) is 27.2. The molecule has 0 aromatic rings. The fourth-order valence-corrected chi connectivity index (χ4v) is 4.83. The summed E-state index contributed by atoms with van der Waals surface area (Å²) in [6.45, 7) is 4.94. The molecule has 0 aliphatic rings. The summed E-state index contributed by atoms with van der Waals surface area (Å²) >= 11 is 0. The summed E-state index contributed by atoms with van der Waals surface area (Å²) in [7, 11) is 0. The van der Waals surface area contributed by atoms with Crippen LogP contribution in [0, 0.1) is 0 Å².